The van der Waals surface area contributed by atoms with Crippen molar-refractivity contribution in [1.29, 1.82) is 0 Å². The number of halogens is 1. The van der Waals surface area contributed by atoms with Crippen molar-refractivity contribution in [2.24, 2.45) is 0 Å². The molecule has 0 saturated carbocycles. The van der Waals surface area contributed by atoms with Crippen LogP contribution < -0.4 is 4.72 Å². The van der Waals surface area contributed by atoms with Gasteiger partial charge in [0.15, 0.2) is 0 Å². The lowest BCUT2D eigenvalue weighted by Crippen LogP contribution is -2.22. The molecular weight excluding hydrogens is 290 g/mol. The summed E-state index contributed by atoms with van der Waals surface area (Å²) in [4.78, 5) is 7.20. The fraction of sp³-hybridized carbons (Fsp3) is 0.429. The van der Waals surface area contributed by atoms with Gasteiger partial charge in [-0.3, -0.25) is 4.72 Å². The predicted octanol–water partition coefficient (Wildman–Crippen LogP) is -0.0837. The predicted molar refractivity (Wildman–Crippen MR) is 64.2 cm³/mol. The molecule has 1 aromatic heterocycles. The van der Waals surface area contributed by atoms with Crippen LogP contribution in [0, 0.1) is 0 Å². The van der Waals surface area contributed by atoms with E-state index in [-0.39, 0.29) is 11.1 Å². The summed E-state index contributed by atoms with van der Waals surface area (Å²) in [7, 11) is -7.10. The number of hydrogen-bond donors (Lipinski definition) is 1. The second-order valence-corrected chi connectivity index (χ2v) is 7.70. The number of anilines is 1. The Hall–Kier alpha value is -0.930. The zero-order chi connectivity index (χ0) is 13.1. The first kappa shape index (κ1) is 14.1. The van der Waals surface area contributed by atoms with E-state index in [0.29, 0.717) is 0 Å². The Morgan fingerprint density at radius 2 is 1.94 bits per heavy atom. The molecule has 10 heteroatoms. The highest BCUT2D eigenvalue weighted by Gasteiger charge is 2.15. The fourth-order valence-corrected chi connectivity index (χ4v) is 3.63. The minimum absolute atomic E-state index is 0.00139. The quantitative estimate of drug-likeness (QED) is 0.762. The van der Waals surface area contributed by atoms with E-state index in [4.69, 9.17) is 11.6 Å². The molecule has 0 aliphatic rings. The van der Waals surface area contributed by atoms with E-state index in [1.54, 1.807) is 0 Å². The van der Waals surface area contributed by atoms with Crippen molar-refractivity contribution in [1.82, 2.24) is 9.97 Å². The number of nitrogens with one attached hydrogen (secondary N) is 1. The van der Waals surface area contributed by atoms with Gasteiger partial charge >= 0.3 is 0 Å². The summed E-state index contributed by atoms with van der Waals surface area (Å²) in [6.45, 7) is 0. The molecule has 1 aromatic rings. The Morgan fingerprint density at radius 3 is 2.47 bits per heavy atom. The van der Waals surface area contributed by atoms with E-state index in [2.05, 4.69) is 14.7 Å². The SMILES string of the molecule is CS(=O)(=O)CCS(=O)(=O)Nc1ccnc(Cl)n1. The van der Waals surface area contributed by atoms with Crippen LogP contribution in [0.15, 0.2) is 12.3 Å². The van der Waals surface area contributed by atoms with Crippen molar-refractivity contribution in [3.8, 4) is 0 Å². The van der Waals surface area contributed by atoms with Crippen molar-refractivity contribution in [3.05, 3.63) is 17.5 Å². The van der Waals surface area contributed by atoms with Gasteiger partial charge in [-0.25, -0.2) is 21.8 Å². The molecule has 0 spiro atoms. The molecule has 0 saturated heterocycles. The van der Waals surface area contributed by atoms with E-state index in [1.807, 2.05) is 0 Å². The lowest BCUT2D eigenvalue weighted by atomic mass is 10.6. The standard InChI is InChI=1S/C7H10ClN3O4S2/c1-16(12,13)4-5-17(14,15)11-6-2-3-9-7(8)10-6/h2-3H,4-5H2,1H3,(H,9,10,11). The molecule has 0 fully saturated rings. The molecule has 1 N–H and O–H groups in total. The van der Waals surface area contributed by atoms with Gasteiger partial charge in [-0.15, -0.1) is 0 Å². The highest BCUT2D eigenvalue weighted by atomic mass is 35.5. The normalized spacial score (nSPS) is 12.4. The summed E-state index contributed by atoms with van der Waals surface area (Å²) >= 11 is 5.47. The van der Waals surface area contributed by atoms with Crippen molar-refractivity contribution in [2.45, 2.75) is 0 Å². The van der Waals surface area contributed by atoms with Crippen molar-refractivity contribution >= 4 is 37.3 Å². The maximum absolute atomic E-state index is 11.5. The van der Waals surface area contributed by atoms with Crippen LogP contribution in [0.3, 0.4) is 0 Å². The summed E-state index contributed by atoms with van der Waals surface area (Å²) < 4.78 is 46.8. The van der Waals surface area contributed by atoms with Crippen LogP contribution in [-0.4, -0.2) is 44.6 Å². The molecule has 0 atom stereocenters. The van der Waals surface area contributed by atoms with Crippen LogP contribution in [0.5, 0.6) is 0 Å². The first-order chi connectivity index (χ1) is 7.68. The van der Waals surface area contributed by atoms with Gasteiger partial charge in [-0.05, 0) is 17.7 Å². The zero-order valence-electron chi connectivity index (χ0n) is 8.79. The minimum Gasteiger partial charge on any atom is -0.267 e. The van der Waals surface area contributed by atoms with Crippen LogP contribution in [0.25, 0.3) is 0 Å². The molecule has 0 unspecified atom stereocenters. The first-order valence-corrected chi connectivity index (χ1v) is 8.44. The van der Waals surface area contributed by atoms with Gasteiger partial charge in [0.2, 0.25) is 15.3 Å². The van der Waals surface area contributed by atoms with E-state index in [9.17, 15) is 16.8 Å². The topological polar surface area (TPSA) is 106 Å². The number of sulfonamides is 1. The first-order valence-electron chi connectivity index (χ1n) is 4.35. The zero-order valence-corrected chi connectivity index (χ0v) is 11.2. The monoisotopic (exact) mass is 299 g/mol. The second kappa shape index (κ2) is 5.15. The molecule has 17 heavy (non-hydrogen) atoms. The maximum atomic E-state index is 11.5. The van der Waals surface area contributed by atoms with Crippen LogP contribution >= 0.6 is 11.6 Å². The van der Waals surface area contributed by atoms with Gasteiger partial charge in [-0.2, -0.15) is 4.98 Å². The molecule has 1 rings (SSSR count). The van der Waals surface area contributed by atoms with Crippen molar-refractivity contribution in [3.63, 3.8) is 0 Å². The Morgan fingerprint density at radius 1 is 1.29 bits per heavy atom. The average molecular weight is 300 g/mol. The molecular formula is C7H10ClN3O4S2. The molecule has 0 amide bonds. The Balaban J connectivity index is 2.74. The van der Waals surface area contributed by atoms with Gasteiger partial charge in [0.05, 0.1) is 11.5 Å². The Labute approximate surface area is 104 Å². The smallest absolute Gasteiger partial charge is 0.234 e. The number of rotatable bonds is 5. The maximum Gasteiger partial charge on any atom is 0.234 e. The van der Waals surface area contributed by atoms with Crippen LogP contribution in [0.1, 0.15) is 0 Å². The van der Waals surface area contributed by atoms with Crippen molar-refractivity contribution in [2.75, 3.05) is 22.5 Å². The lowest BCUT2D eigenvalue weighted by molar-refractivity contribution is 0.593. The minimum atomic E-state index is -3.76. The van der Waals surface area contributed by atoms with Gasteiger partial charge < -0.3 is 0 Å². The number of hydrogen-bond acceptors (Lipinski definition) is 6. The van der Waals surface area contributed by atoms with Crippen LogP contribution in [0.4, 0.5) is 5.82 Å². The number of sulfone groups is 1. The Kier molecular flexibility index (Phi) is 4.28. The average Bonchev–Trinajstić information content (AvgIpc) is 2.13. The van der Waals surface area contributed by atoms with Gasteiger partial charge in [0, 0.05) is 12.5 Å². The third kappa shape index (κ3) is 5.80. The molecule has 0 aliphatic heterocycles. The summed E-state index contributed by atoms with van der Waals surface area (Å²) in [5.41, 5.74) is 0. The van der Waals surface area contributed by atoms with Gasteiger partial charge in [0.25, 0.3) is 0 Å². The molecule has 0 bridgehead atoms. The third-order valence-corrected chi connectivity index (χ3v) is 4.26. The fourth-order valence-electron chi connectivity index (χ4n) is 0.863. The Bertz CT molecular complexity index is 599. The van der Waals surface area contributed by atoms with Gasteiger partial charge in [-0.1, -0.05) is 0 Å². The van der Waals surface area contributed by atoms with E-state index >= 15 is 0 Å². The molecule has 0 aliphatic carbocycles. The summed E-state index contributed by atoms with van der Waals surface area (Å²) in [6, 6.07) is 1.31. The van der Waals surface area contributed by atoms with Crippen molar-refractivity contribution < 1.29 is 16.8 Å². The lowest BCUT2D eigenvalue weighted by Gasteiger charge is -2.06. The number of aromatic nitrogens is 2. The van der Waals surface area contributed by atoms with Crippen LogP contribution in [0.2, 0.25) is 5.28 Å². The van der Waals surface area contributed by atoms with Gasteiger partial charge in [0.1, 0.15) is 15.7 Å². The van der Waals surface area contributed by atoms with E-state index in [1.165, 1.54) is 12.3 Å². The van der Waals surface area contributed by atoms with E-state index in [0.717, 1.165) is 6.26 Å². The second-order valence-electron chi connectivity index (χ2n) is 3.26. The van der Waals surface area contributed by atoms with E-state index < -0.39 is 31.4 Å². The third-order valence-electron chi connectivity index (χ3n) is 1.61. The molecule has 0 radical (unpaired) electrons. The highest BCUT2D eigenvalue weighted by Crippen LogP contribution is 2.08. The molecule has 1 heterocycles. The summed E-state index contributed by atoms with van der Waals surface area (Å²) in [6.07, 6.45) is 2.24. The molecule has 0 aromatic carbocycles. The summed E-state index contributed by atoms with van der Waals surface area (Å²) in [5.74, 6) is -0.993. The molecule has 7 nitrogen and oxygen atoms in total. The van der Waals surface area contributed by atoms with Crippen LogP contribution in [-0.2, 0) is 19.9 Å². The summed E-state index contributed by atoms with van der Waals surface area (Å²) in [5, 5.41) is -0.103. The largest absolute Gasteiger partial charge is 0.267 e. The highest BCUT2D eigenvalue weighted by molar-refractivity contribution is 7.95. The molecule has 96 valence electrons. The number of nitrogens with zero attached hydrogens (tertiary/aromatic N) is 2.